The smallest absolute Gasteiger partial charge is 0.229 e. The molecule has 0 amide bonds. The third kappa shape index (κ3) is 4.11. The number of hydrogen-bond donors (Lipinski definition) is 3. The van der Waals surface area contributed by atoms with Gasteiger partial charge in [0, 0.05) is 24.5 Å². The Bertz CT molecular complexity index is 532. The molecule has 0 radical (unpaired) electrons. The molecule has 0 fully saturated rings. The monoisotopic (exact) mass is 259 g/mol. The average Bonchev–Trinajstić information content (AvgIpc) is 2.39. The number of nitrogens with two attached hydrogens (primary N) is 1. The number of likely N-dealkylation sites (N-methyl/N-ethyl adjacent to an activating group) is 1. The summed E-state index contributed by atoms with van der Waals surface area (Å²) in [4.78, 5) is 8.17. The van der Waals surface area contributed by atoms with Gasteiger partial charge in [-0.2, -0.15) is 4.98 Å². The predicted octanol–water partition coefficient (Wildman–Crippen LogP) is 1.40. The van der Waals surface area contributed by atoms with Crippen LogP contribution in [0, 0.1) is 0 Å². The number of nitrogens with zero attached hydrogens (tertiary/aromatic N) is 2. The molecule has 0 atom stereocenters. The van der Waals surface area contributed by atoms with Crippen molar-refractivity contribution in [2.24, 2.45) is 0 Å². The highest BCUT2D eigenvalue weighted by Gasteiger charge is 2.00. The van der Waals surface area contributed by atoms with Crippen LogP contribution in [0.25, 0.3) is 0 Å². The van der Waals surface area contributed by atoms with Gasteiger partial charge in [0.2, 0.25) is 5.95 Å². The first-order chi connectivity index (χ1) is 9.28. The van der Waals surface area contributed by atoms with Crippen LogP contribution in [-0.2, 0) is 0 Å². The minimum Gasteiger partial charge on any atom is -0.492 e. The van der Waals surface area contributed by atoms with Gasteiger partial charge < -0.3 is 21.1 Å². The first-order valence-corrected chi connectivity index (χ1v) is 6.01. The van der Waals surface area contributed by atoms with Gasteiger partial charge in [-0.3, -0.25) is 0 Å². The molecule has 0 bridgehead atoms. The van der Waals surface area contributed by atoms with Crippen LogP contribution in [0.4, 0.5) is 17.5 Å². The third-order valence-electron chi connectivity index (χ3n) is 2.39. The summed E-state index contributed by atoms with van der Waals surface area (Å²) in [5.74, 6) is 1.69. The van der Waals surface area contributed by atoms with Gasteiger partial charge in [-0.25, -0.2) is 4.98 Å². The fourth-order valence-corrected chi connectivity index (χ4v) is 1.50. The van der Waals surface area contributed by atoms with Crippen LogP contribution in [0.5, 0.6) is 5.75 Å². The van der Waals surface area contributed by atoms with Crippen molar-refractivity contribution in [3.63, 3.8) is 0 Å². The number of hydrogen-bond acceptors (Lipinski definition) is 6. The Morgan fingerprint density at radius 3 is 3.00 bits per heavy atom. The molecule has 2 aromatic rings. The SMILES string of the molecule is CNCCOc1cccc(Nc2nccc(N)n2)c1. The zero-order chi connectivity index (χ0) is 13.5. The number of benzene rings is 1. The minimum absolute atomic E-state index is 0.430. The van der Waals surface area contributed by atoms with E-state index in [4.69, 9.17) is 10.5 Å². The van der Waals surface area contributed by atoms with Crippen molar-refractivity contribution in [1.29, 1.82) is 0 Å². The first-order valence-electron chi connectivity index (χ1n) is 6.01. The van der Waals surface area contributed by atoms with E-state index in [9.17, 15) is 0 Å². The summed E-state index contributed by atoms with van der Waals surface area (Å²) in [5.41, 5.74) is 6.45. The number of rotatable bonds is 6. The average molecular weight is 259 g/mol. The van der Waals surface area contributed by atoms with Gasteiger partial charge in [0.1, 0.15) is 18.2 Å². The maximum atomic E-state index is 5.60. The Morgan fingerprint density at radius 1 is 1.32 bits per heavy atom. The van der Waals surface area contributed by atoms with E-state index in [1.807, 2.05) is 31.3 Å². The highest BCUT2D eigenvalue weighted by molar-refractivity contribution is 5.56. The van der Waals surface area contributed by atoms with E-state index in [1.165, 1.54) is 0 Å². The van der Waals surface area contributed by atoms with Crippen LogP contribution in [0.2, 0.25) is 0 Å². The van der Waals surface area contributed by atoms with Crippen LogP contribution >= 0.6 is 0 Å². The molecule has 2 rings (SSSR count). The molecular weight excluding hydrogens is 242 g/mol. The lowest BCUT2D eigenvalue weighted by molar-refractivity contribution is 0.318. The van der Waals surface area contributed by atoms with Crippen LogP contribution < -0.4 is 21.1 Å². The lowest BCUT2D eigenvalue weighted by Gasteiger charge is -2.09. The predicted molar refractivity (Wildman–Crippen MR) is 75.6 cm³/mol. The second-order valence-electron chi connectivity index (χ2n) is 3.91. The van der Waals surface area contributed by atoms with Crippen molar-refractivity contribution in [3.8, 4) is 5.75 Å². The topological polar surface area (TPSA) is 85.1 Å². The molecule has 0 unspecified atom stereocenters. The standard InChI is InChI=1S/C13H17N5O/c1-15-7-8-19-11-4-2-3-10(9-11)17-13-16-6-5-12(14)18-13/h2-6,9,15H,7-8H2,1H3,(H3,14,16,17,18). The molecular formula is C13H17N5O. The van der Waals surface area contributed by atoms with E-state index in [0.717, 1.165) is 18.0 Å². The van der Waals surface area contributed by atoms with Gasteiger partial charge in [-0.15, -0.1) is 0 Å². The molecule has 0 aliphatic rings. The van der Waals surface area contributed by atoms with Crippen molar-refractivity contribution in [2.45, 2.75) is 0 Å². The van der Waals surface area contributed by atoms with Gasteiger partial charge >= 0.3 is 0 Å². The summed E-state index contributed by atoms with van der Waals surface area (Å²) < 4.78 is 5.58. The zero-order valence-corrected chi connectivity index (χ0v) is 10.8. The molecule has 1 aromatic heterocycles. The summed E-state index contributed by atoms with van der Waals surface area (Å²) in [6.07, 6.45) is 1.61. The number of aromatic nitrogens is 2. The minimum atomic E-state index is 0.430. The molecule has 0 aliphatic heterocycles. The summed E-state index contributed by atoms with van der Waals surface area (Å²) in [6, 6.07) is 9.26. The van der Waals surface area contributed by atoms with E-state index >= 15 is 0 Å². The largest absolute Gasteiger partial charge is 0.492 e. The maximum absolute atomic E-state index is 5.60. The Hall–Kier alpha value is -2.34. The van der Waals surface area contributed by atoms with E-state index in [2.05, 4.69) is 20.6 Å². The number of anilines is 3. The lowest BCUT2D eigenvalue weighted by atomic mass is 10.3. The van der Waals surface area contributed by atoms with Gasteiger partial charge in [-0.05, 0) is 25.2 Å². The van der Waals surface area contributed by atoms with E-state index in [-0.39, 0.29) is 0 Å². The Labute approximate surface area is 112 Å². The van der Waals surface area contributed by atoms with Crippen molar-refractivity contribution in [1.82, 2.24) is 15.3 Å². The van der Waals surface area contributed by atoms with E-state index in [0.29, 0.717) is 18.4 Å². The molecule has 6 heteroatoms. The number of ether oxygens (including phenoxy) is 1. The summed E-state index contributed by atoms with van der Waals surface area (Å²) in [5, 5.41) is 6.10. The maximum Gasteiger partial charge on any atom is 0.229 e. The van der Waals surface area contributed by atoms with E-state index < -0.39 is 0 Å². The Morgan fingerprint density at radius 2 is 2.21 bits per heavy atom. The second kappa shape index (κ2) is 6.55. The molecule has 19 heavy (non-hydrogen) atoms. The third-order valence-corrected chi connectivity index (χ3v) is 2.39. The molecule has 4 N–H and O–H groups in total. The summed E-state index contributed by atoms with van der Waals surface area (Å²) >= 11 is 0. The Kier molecular flexibility index (Phi) is 4.52. The second-order valence-corrected chi connectivity index (χ2v) is 3.91. The van der Waals surface area contributed by atoms with Crippen LogP contribution in [0.1, 0.15) is 0 Å². The number of nitrogens with one attached hydrogen (secondary N) is 2. The summed E-state index contributed by atoms with van der Waals surface area (Å²) in [7, 11) is 1.89. The van der Waals surface area contributed by atoms with Crippen molar-refractivity contribution >= 4 is 17.5 Å². The molecule has 6 nitrogen and oxygen atoms in total. The highest BCUT2D eigenvalue weighted by atomic mass is 16.5. The fraction of sp³-hybridized carbons (Fsp3) is 0.231. The molecule has 0 aliphatic carbocycles. The molecule has 1 heterocycles. The highest BCUT2D eigenvalue weighted by Crippen LogP contribution is 2.19. The van der Waals surface area contributed by atoms with Gasteiger partial charge in [0.25, 0.3) is 0 Å². The quantitative estimate of drug-likeness (QED) is 0.680. The van der Waals surface area contributed by atoms with Crippen LogP contribution in [-0.4, -0.2) is 30.2 Å². The van der Waals surface area contributed by atoms with Crippen LogP contribution in [0.15, 0.2) is 36.5 Å². The molecule has 0 spiro atoms. The van der Waals surface area contributed by atoms with Crippen molar-refractivity contribution < 1.29 is 4.74 Å². The van der Waals surface area contributed by atoms with E-state index in [1.54, 1.807) is 12.3 Å². The Balaban J connectivity index is 2.02. The van der Waals surface area contributed by atoms with Crippen LogP contribution in [0.3, 0.4) is 0 Å². The van der Waals surface area contributed by atoms with Gasteiger partial charge in [0.15, 0.2) is 0 Å². The number of nitrogen functional groups attached to an aromatic ring is 1. The lowest BCUT2D eigenvalue weighted by Crippen LogP contribution is -2.15. The zero-order valence-electron chi connectivity index (χ0n) is 10.8. The molecule has 100 valence electrons. The fourth-order valence-electron chi connectivity index (χ4n) is 1.50. The normalized spacial score (nSPS) is 10.2. The molecule has 1 aromatic carbocycles. The first kappa shape index (κ1) is 13.1. The summed E-state index contributed by atoms with van der Waals surface area (Å²) in [6.45, 7) is 1.42. The van der Waals surface area contributed by atoms with Crippen molar-refractivity contribution in [2.75, 3.05) is 31.2 Å². The molecule has 0 saturated carbocycles. The molecule has 0 saturated heterocycles. The van der Waals surface area contributed by atoms with Crippen molar-refractivity contribution in [3.05, 3.63) is 36.5 Å². The van der Waals surface area contributed by atoms with Gasteiger partial charge in [-0.1, -0.05) is 6.07 Å². The van der Waals surface area contributed by atoms with Gasteiger partial charge in [0.05, 0.1) is 0 Å².